The average Bonchev–Trinajstić information content (AvgIpc) is 2.77. The maximum Gasteiger partial charge on any atom is 0.319 e. The van der Waals surface area contributed by atoms with Crippen LogP contribution >= 0.6 is 0 Å². The van der Waals surface area contributed by atoms with Gasteiger partial charge in [-0.2, -0.15) is 0 Å². The number of piperidine rings is 1. The number of carbonyl (C=O) groups is 3. The van der Waals surface area contributed by atoms with E-state index in [1.54, 1.807) is 25.1 Å². The molecule has 1 aliphatic rings. The number of anilines is 2. The highest BCUT2D eigenvalue weighted by molar-refractivity contribution is 6.03. The lowest BCUT2D eigenvalue weighted by Gasteiger charge is -2.40. The van der Waals surface area contributed by atoms with Crippen molar-refractivity contribution in [3.05, 3.63) is 60.2 Å². The molecule has 0 aliphatic carbocycles. The Kier molecular flexibility index (Phi) is 7.74. The Balaban J connectivity index is 1.70. The van der Waals surface area contributed by atoms with Gasteiger partial charge in [-0.1, -0.05) is 44.2 Å². The molecule has 1 aliphatic heterocycles. The maximum absolute atomic E-state index is 13.3. The lowest BCUT2D eigenvalue weighted by atomic mass is 9.84. The molecule has 0 spiro atoms. The number of aryl methyl sites for hydroxylation is 1. The maximum atomic E-state index is 13.3. The van der Waals surface area contributed by atoms with Crippen molar-refractivity contribution in [1.29, 1.82) is 0 Å². The number of urea groups is 1. The van der Waals surface area contributed by atoms with E-state index in [1.165, 1.54) is 4.90 Å². The van der Waals surface area contributed by atoms with Crippen LogP contribution in [-0.2, 0) is 9.59 Å². The molecule has 3 rings (SSSR count). The van der Waals surface area contributed by atoms with Crippen LogP contribution < -0.4 is 15.5 Å². The Labute approximate surface area is 196 Å². The molecular weight excluding hydrogens is 416 g/mol. The Morgan fingerprint density at radius 2 is 1.82 bits per heavy atom. The number of hydrogen-bond acceptors (Lipinski definition) is 3. The zero-order chi connectivity index (χ0) is 24.0. The predicted octanol–water partition coefficient (Wildman–Crippen LogP) is 4.19. The van der Waals surface area contributed by atoms with Crippen LogP contribution in [-0.4, -0.2) is 48.4 Å². The van der Waals surface area contributed by atoms with Crippen LogP contribution in [0.5, 0.6) is 0 Å². The Morgan fingerprint density at radius 1 is 1.09 bits per heavy atom. The summed E-state index contributed by atoms with van der Waals surface area (Å²) in [5, 5.41) is 5.35. The van der Waals surface area contributed by atoms with Crippen molar-refractivity contribution in [3.8, 4) is 0 Å². The van der Waals surface area contributed by atoms with Gasteiger partial charge in [0, 0.05) is 24.5 Å². The first-order valence-corrected chi connectivity index (χ1v) is 11.4. The molecule has 1 fully saturated rings. The Bertz CT molecular complexity index is 990. The number of amides is 4. The number of carbonyl (C=O) groups excluding carboxylic acids is 3. The highest BCUT2D eigenvalue weighted by atomic mass is 16.2. The van der Waals surface area contributed by atoms with Crippen molar-refractivity contribution < 1.29 is 14.4 Å². The summed E-state index contributed by atoms with van der Waals surface area (Å²) >= 11 is 0. The van der Waals surface area contributed by atoms with E-state index in [0.29, 0.717) is 24.5 Å². The number of nitrogens with one attached hydrogen (secondary N) is 2. The molecule has 0 radical (unpaired) electrons. The quantitative estimate of drug-likeness (QED) is 0.693. The first-order valence-electron chi connectivity index (χ1n) is 11.4. The zero-order valence-electron chi connectivity index (χ0n) is 19.9. The molecular formula is C26H34N4O3. The SMILES string of the molecule is Cc1cccc(NC(=O)NCC(=O)N(c2ccccc2)C(C)C(=O)N2CCCC(C)(C)C2)c1. The van der Waals surface area contributed by atoms with Crippen LogP contribution in [0, 0.1) is 12.3 Å². The molecule has 2 aromatic rings. The zero-order valence-corrected chi connectivity index (χ0v) is 19.9. The van der Waals surface area contributed by atoms with Gasteiger partial charge in [0.05, 0.1) is 6.54 Å². The van der Waals surface area contributed by atoms with Crippen LogP contribution in [0.3, 0.4) is 0 Å². The molecule has 7 nitrogen and oxygen atoms in total. The minimum Gasteiger partial charge on any atom is -0.340 e. The molecule has 1 atom stereocenters. The number of benzene rings is 2. The standard InChI is InChI=1S/C26H34N4O3/c1-19-10-8-11-21(16-19)28-25(33)27-17-23(31)30(22-12-6-5-7-13-22)20(2)24(32)29-15-9-14-26(3,4)18-29/h5-8,10-13,16,20H,9,14-15,17-18H2,1-4H3,(H2,27,28,33). The summed E-state index contributed by atoms with van der Waals surface area (Å²) in [6, 6.07) is 15.4. The van der Waals surface area contributed by atoms with Gasteiger partial charge in [-0.15, -0.1) is 0 Å². The molecule has 2 aromatic carbocycles. The normalized spacial score (nSPS) is 15.9. The molecule has 4 amide bonds. The molecule has 1 unspecified atom stereocenters. The van der Waals surface area contributed by atoms with Gasteiger partial charge in [0.2, 0.25) is 11.8 Å². The third kappa shape index (κ3) is 6.57. The van der Waals surface area contributed by atoms with Crippen LogP contribution in [0.25, 0.3) is 0 Å². The van der Waals surface area contributed by atoms with Gasteiger partial charge in [0.25, 0.3) is 0 Å². The second-order valence-corrected chi connectivity index (χ2v) is 9.48. The van der Waals surface area contributed by atoms with Gasteiger partial charge in [-0.25, -0.2) is 4.79 Å². The van der Waals surface area contributed by atoms with E-state index in [1.807, 2.05) is 48.2 Å². The highest BCUT2D eigenvalue weighted by Gasteiger charge is 2.35. The van der Waals surface area contributed by atoms with Crippen LogP contribution in [0.4, 0.5) is 16.2 Å². The molecule has 7 heteroatoms. The van der Waals surface area contributed by atoms with Crippen LogP contribution in [0.15, 0.2) is 54.6 Å². The fourth-order valence-corrected chi connectivity index (χ4v) is 4.30. The number of hydrogen-bond donors (Lipinski definition) is 2. The van der Waals surface area contributed by atoms with E-state index >= 15 is 0 Å². The van der Waals surface area contributed by atoms with Crippen molar-refractivity contribution in [2.45, 2.75) is 46.6 Å². The molecule has 176 valence electrons. The van der Waals surface area contributed by atoms with Crippen molar-refractivity contribution in [3.63, 3.8) is 0 Å². The summed E-state index contributed by atoms with van der Waals surface area (Å²) in [5.41, 5.74) is 2.36. The fraction of sp³-hybridized carbons (Fsp3) is 0.423. The number of likely N-dealkylation sites (tertiary alicyclic amines) is 1. The first-order chi connectivity index (χ1) is 15.7. The van der Waals surface area contributed by atoms with Gasteiger partial charge < -0.3 is 15.5 Å². The summed E-state index contributed by atoms with van der Waals surface area (Å²) < 4.78 is 0. The molecule has 0 bridgehead atoms. The van der Waals surface area contributed by atoms with Crippen molar-refractivity contribution in [2.75, 3.05) is 29.9 Å². The first kappa shape index (κ1) is 24.3. The minimum absolute atomic E-state index is 0.0602. The molecule has 2 N–H and O–H groups in total. The lowest BCUT2D eigenvalue weighted by molar-refractivity contribution is -0.136. The third-order valence-corrected chi connectivity index (χ3v) is 5.94. The third-order valence-electron chi connectivity index (χ3n) is 5.94. The van der Waals surface area contributed by atoms with Crippen LogP contribution in [0.1, 0.15) is 39.2 Å². The average molecular weight is 451 g/mol. The fourth-order valence-electron chi connectivity index (χ4n) is 4.30. The van der Waals surface area contributed by atoms with E-state index < -0.39 is 12.1 Å². The number of nitrogens with zero attached hydrogens (tertiary/aromatic N) is 2. The van der Waals surface area contributed by atoms with E-state index in [0.717, 1.165) is 18.4 Å². The lowest BCUT2D eigenvalue weighted by Crippen LogP contribution is -2.55. The van der Waals surface area contributed by atoms with E-state index in [2.05, 4.69) is 24.5 Å². The van der Waals surface area contributed by atoms with Crippen molar-refractivity contribution >= 4 is 29.2 Å². The van der Waals surface area contributed by atoms with Gasteiger partial charge in [0.15, 0.2) is 0 Å². The molecule has 1 heterocycles. The minimum atomic E-state index is -0.685. The summed E-state index contributed by atoms with van der Waals surface area (Å²) in [5.74, 6) is -0.429. The predicted molar refractivity (Wildman–Crippen MR) is 131 cm³/mol. The number of para-hydroxylation sites is 1. The second kappa shape index (κ2) is 10.5. The molecule has 0 aromatic heterocycles. The van der Waals surface area contributed by atoms with Gasteiger partial charge >= 0.3 is 6.03 Å². The number of rotatable bonds is 6. The Morgan fingerprint density at radius 3 is 2.48 bits per heavy atom. The van der Waals surface area contributed by atoms with E-state index in [4.69, 9.17) is 0 Å². The molecule has 1 saturated heterocycles. The Hall–Kier alpha value is -3.35. The van der Waals surface area contributed by atoms with Crippen LogP contribution in [0.2, 0.25) is 0 Å². The molecule has 33 heavy (non-hydrogen) atoms. The summed E-state index contributed by atoms with van der Waals surface area (Å²) in [6.07, 6.45) is 2.03. The van der Waals surface area contributed by atoms with Gasteiger partial charge in [-0.05, 0) is 61.9 Å². The summed E-state index contributed by atoms with van der Waals surface area (Å²) in [6.45, 7) is 9.15. The monoisotopic (exact) mass is 450 g/mol. The van der Waals surface area contributed by atoms with Crippen molar-refractivity contribution in [1.82, 2.24) is 10.2 Å². The highest BCUT2D eigenvalue weighted by Crippen LogP contribution is 2.29. The smallest absolute Gasteiger partial charge is 0.319 e. The summed E-state index contributed by atoms with van der Waals surface area (Å²) in [7, 11) is 0. The van der Waals surface area contributed by atoms with E-state index in [-0.39, 0.29) is 23.8 Å². The molecule has 0 saturated carbocycles. The second-order valence-electron chi connectivity index (χ2n) is 9.48. The largest absolute Gasteiger partial charge is 0.340 e. The van der Waals surface area contributed by atoms with Crippen molar-refractivity contribution in [2.24, 2.45) is 5.41 Å². The summed E-state index contributed by atoms with van der Waals surface area (Å²) in [4.78, 5) is 42.3. The van der Waals surface area contributed by atoms with Gasteiger partial charge in [-0.3, -0.25) is 14.5 Å². The van der Waals surface area contributed by atoms with Gasteiger partial charge in [0.1, 0.15) is 6.04 Å². The van der Waals surface area contributed by atoms with E-state index in [9.17, 15) is 14.4 Å². The topological polar surface area (TPSA) is 81.8 Å².